The Morgan fingerprint density at radius 2 is 0.930 bits per heavy atom. The van der Waals surface area contributed by atoms with E-state index in [0.717, 1.165) is 13.8 Å². The minimum atomic E-state index is -4.69. The quantitative estimate of drug-likeness (QED) is 0.0958. The van der Waals surface area contributed by atoms with Gasteiger partial charge < -0.3 is 0 Å². The molecule has 0 aliphatic heterocycles. The van der Waals surface area contributed by atoms with E-state index < -0.39 is 107 Å². The maximum Gasteiger partial charge on any atom is 0.302 e. The summed E-state index contributed by atoms with van der Waals surface area (Å²) < 4.78 is 134. The van der Waals surface area contributed by atoms with Crippen LogP contribution in [0.5, 0.6) is 0 Å². The predicted octanol–water partition coefficient (Wildman–Crippen LogP) is 13.8. The van der Waals surface area contributed by atoms with E-state index in [0.29, 0.717) is 6.42 Å². The second kappa shape index (κ2) is 13.5. The molecule has 0 saturated heterocycles. The molecule has 0 heterocycles. The molecule has 0 saturated carbocycles. The van der Waals surface area contributed by atoms with Crippen LogP contribution in [-0.2, 0) is 0 Å². The highest BCUT2D eigenvalue weighted by Crippen LogP contribution is 2.73. The van der Waals surface area contributed by atoms with Crippen LogP contribution in [0.4, 0.5) is 35.1 Å². The van der Waals surface area contributed by atoms with Crippen molar-refractivity contribution in [2.24, 2.45) is 32.5 Å². The average molecular weight is 657 g/mol. The lowest BCUT2D eigenvalue weighted by atomic mass is 9.47. The van der Waals surface area contributed by atoms with Crippen molar-refractivity contribution in [2.45, 2.75) is 184 Å². The summed E-state index contributed by atoms with van der Waals surface area (Å²) >= 11 is 6.50. The van der Waals surface area contributed by atoms with Crippen LogP contribution in [0.1, 0.15) is 155 Å². The number of halogens is 9. The molecule has 0 spiro atoms. The van der Waals surface area contributed by atoms with Crippen LogP contribution in [0.25, 0.3) is 0 Å². The van der Waals surface area contributed by atoms with E-state index in [1.807, 2.05) is 0 Å². The van der Waals surface area contributed by atoms with Crippen LogP contribution in [0.2, 0.25) is 0 Å². The van der Waals surface area contributed by atoms with Gasteiger partial charge in [-0.2, -0.15) is 0 Å². The molecule has 0 aliphatic rings. The Bertz CT molecular complexity index is 889. The van der Waals surface area contributed by atoms with Gasteiger partial charge in [-0.1, -0.05) is 115 Å². The zero-order chi connectivity index (χ0) is 34.9. The van der Waals surface area contributed by atoms with Crippen LogP contribution in [-0.4, -0.2) is 29.1 Å². The molecule has 0 bridgehead atoms. The largest absolute Gasteiger partial charge is 0.302 e. The molecule has 0 aromatic heterocycles. The van der Waals surface area contributed by atoms with E-state index in [4.69, 9.17) is 11.6 Å². The zero-order valence-corrected chi connectivity index (χ0v) is 30.1. The van der Waals surface area contributed by atoms with Crippen molar-refractivity contribution >= 4 is 11.6 Å². The SMILES string of the molecule is CCC(C)(C)CC(F)(F)C(C)(CC)C(CC)(CC)C(F)(F)C(F)(Cl)C(CC)(CC)C(C)(CC)C(F)C(F)(F)C(C)(C)CC. The molecule has 0 aromatic carbocycles. The standard InChI is InChI=1S/C34H61ClF8/c1-15-25(9,10)23-31(37,38)28(14,18-4)30(21-7,22-8)34(42,43)33(35,41)29(19-5,20-6)27(13,17-3)24(36)32(39,40)26(11,12)16-2/h24H,15-23H2,1-14H3. The van der Waals surface area contributed by atoms with E-state index in [2.05, 4.69) is 0 Å². The highest BCUT2D eigenvalue weighted by molar-refractivity contribution is 6.24. The fourth-order valence-electron chi connectivity index (χ4n) is 7.89. The fourth-order valence-corrected chi connectivity index (χ4v) is 8.55. The zero-order valence-electron chi connectivity index (χ0n) is 29.3. The van der Waals surface area contributed by atoms with E-state index in [1.165, 1.54) is 62.3 Å². The summed E-state index contributed by atoms with van der Waals surface area (Å²) in [7, 11) is 0. The van der Waals surface area contributed by atoms with Gasteiger partial charge in [0.1, 0.15) is 0 Å². The van der Waals surface area contributed by atoms with E-state index in [9.17, 15) is 0 Å². The molecule has 0 N–H and O–H groups in total. The Kier molecular flexibility index (Phi) is 13.4. The second-order valence-corrected chi connectivity index (χ2v) is 15.3. The molecule has 0 aromatic rings. The molecule has 0 radical (unpaired) electrons. The van der Waals surface area contributed by atoms with Gasteiger partial charge in [0.05, 0.1) is 0 Å². The first-order valence-corrected chi connectivity index (χ1v) is 16.6. The van der Waals surface area contributed by atoms with Crippen LogP contribution in [0.3, 0.4) is 0 Å². The van der Waals surface area contributed by atoms with Crippen LogP contribution in [0.15, 0.2) is 0 Å². The third kappa shape index (κ3) is 6.01. The topological polar surface area (TPSA) is 0 Å². The van der Waals surface area contributed by atoms with Crippen LogP contribution >= 0.6 is 11.6 Å². The van der Waals surface area contributed by atoms with E-state index in [1.54, 1.807) is 20.8 Å². The Morgan fingerprint density at radius 3 is 1.21 bits per heavy atom. The summed E-state index contributed by atoms with van der Waals surface area (Å²) in [5.74, 6) is -12.4. The van der Waals surface area contributed by atoms with Crippen molar-refractivity contribution in [3.8, 4) is 0 Å². The molecule has 4 atom stereocenters. The number of alkyl halides is 9. The van der Waals surface area contributed by atoms with Gasteiger partial charge in [-0.25, -0.2) is 35.1 Å². The van der Waals surface area contributed by atoms with Gasteiger partial charge in [-0.15, -0.1) is 0 Å². The summed E-state index contributed by atoms with van der Waals surface area (Å²) in [5.41, 5.74) is -12.9. The predicted molar refractivity (Wildman–Crippen MR) is 165 cm³/mol. The minimum absolute atomic E-state index is 0.129. The Labute approximate surface area is 262 Å². The first-order chi connectivity index (χ1) is 19.1. The van der Waals surface area contributed by atoms with E-state index >= 15 is 35.1 Å². The molecular formula is C34H61ClF8. The van der Waals surface area contributed by atoms with Gasteiger partial charge in [0, 0.05) is 33.5 Å². The summed E-state index contributed by atoms with van der Waals surface area (Å²) in [6.07, 6.45) is -6.55. The van der Waals surface area contributed by atoms with Crippen molar-refractivity contribution in [1.29, 1.82) is 0 Å². The van der Waals surface area contributed by atoms with Gasteiger partial charge in [0.2, 0.25) is 0 Å². The summed E-state index contributed by atoms with van der Waals surface area (Å²) in [5, 5.41) is -4.16. The lowest BCUT2D eigenvalue weighted by molar-refractivity contribution is -0.323. The van der Waals surface area contributed by atoms with Gasteiger partial charge in [-0.3, -0.25) is 0 Å². The molecule has 260 valence electrons. The molecule has 9 heteroatoms. The lowest BCUT2D eigenvalue weighted by Gasteiger charge is -2.63. The highest BCUT2D eigenvalue weighted by Gasteiger charge is 2.81. The van der Waals surface area contributed by atoms with Gasteiger partial charge in [-0.05, 0) is 50.4 Å². The number of hydrogen-bond acceptors (Lipinski definition) is 0. The first kappa shape index (κ1) is 42.7. The summed E-state index contributed by atoms with van der Waals surface area (Å²) in [4.78, 5) is 0. The number of rotatable bonds is 19. The molecule has 0 amide bonds. The highest BCUT2D eigenvalue weighted by atomic mass is 35.5. The fraction of sp³-hybridized carbons (Fsp3) is 1.00. The smallest absolute Gasteiger partial charge is 0.240 e. The van der Waals surface area contributed by atoms with Crippen LogP contribution in [0, 0.1) is 32.5 Å². The van der Waals surface area contributed by atoms with Crippen molar-refractivity contribution in [3.05, 3.63) is 0 Å². The van der Waals surface area contributed by atoms with E-state index in [-0.39, 0.29) is 6.42 Å². The van der Waals surface area contributed by atoms with Crippen LogP contribution < -0.4 is 0 Å². The Balaban J connectivity index is 7.93. The minimum Gasteiger partial charge on any atom is -0.240 e. The molecule has 0 aliphatic carbocycles. The van der Waals surface area contributed by atoms with Crippen molar-refractivity contribution in [1.82, 2.24) is 0 Å². The molecule has 0 rings (SSSR count). The molecule has 0 nitrogen and oxygen atoms in total. The van der Waals surface area contributed by atoms with Crippen molar-refractivity contribution in [3.63, 3.8) is 0 Å². The second-order valence-electron chi connectivity index (χ2n) is 14.8. The maximum absolute atomic E-state index is 17.7. The number of hydrogen-bond donors (Lipinski definition) is 0. The molecule has 4 unspecified atom stereocenters. The Morgan fingerprint density at radius 1 is 0.535 bits per heavy atom. The summed E-state index contributed by atoms with van der Waals surface area (Å²) in [6, 6.07) is 0. The third-order valence-electron chi connectivity index (χ3n) is 12.7. The third-order valence-corrected chi connectivity index (χ3v) is 13.3. The molecular weight excluding hydrogens is 596 g/mol. The molecule has 43 heavy (non-hydrogen) atoms. The molecule has 0 fully saturated rings. The van der Waals surface area contributed by atoms with Crippen molar-refractivity contribution in [2.75, 3.05) is 0 Å². The van der Waals surface area contributed by atoms with Gasteiger partial charge in [0.15, 0.2) is 6.17 Å². The lowest BCUT2D eigenvalue weighted by Crippen LogP contribution is -2.72. The Hall–Kier alpha value is -0.270. The maximum atomic E-state index is 17.7. The average Bonchev–Trinajstić information content (AvgIpc) is 2.92. The monoisotopic (exact) mass is 656 g/mol. The normalized spacial score (nSPS) is 19.9. The first-order valence-electron chi connectivity index (χ1n) is 16.2. The van der Waals surface area contributed by atoms with Crippen molar-refractivity contribution < 1.29 is 35.1 Å². The summed E-state index contributed by atoms with van der Waals surface area (Å²) in [6.45, 7) is 19.0. The van der Waals surface area contributed by atoms with Gasteiger partial charge in [0.25, 0.3) is 17.0 Å². The van der Waals surface area contributed by atoms with Gasteiger partial charge >= 0.3 is 5.92 Å².